The van der Waals surface area contributed by atoms with E-state index in [0.717, 1.165) is 32.0 Å². The number of benzene rings is 1. The predicted molar refractivity (Wildman–Crippen MR) is 108 cm³/mol. The number of aliphatic hydroxyl groups excluding tert-OH is 1. The molecule has 156 valence electrons. The van der Waals surface area contributed by atoms with Crippen LogP contribution in [0, 0.1) is 17.1 Å². The third-order valence-corrected chi connectivity index (χ3v) is 5.47. The monoisotopic (exact) mass is 411 g/mol. The van der Waals surface area contributed by atoms with Gasteiger partial charge in [-0.1, -0.05) is 12.6 Å². The molecule has 1 unspecified atom stereocenters. The molecule has 1 saturated heterocycles. The summed E-state index contributed by atoms with van der Waals surface area (Å²) in [5.41, 5.74) is 0.194. The van der Waals surface area contributed by atoms with E-state index in [1.165, 1.54) is 18.2 Å². The summed E-state index contributed by atoms with van der Waals surface area (Å²) in [7, 11) is 0. The number of halogens is 1. The maximum Gasteiger partial charge on any atom is 0.352 e. The van der Waals surface area contributed by atoms with E-state index in [-0.39, 0.29) is 35.5 Å². The molecule has 0 spiro atoms. The fourth-order valence-corrected chi connectivity index (χ4v) is 3.94. The molecule has 3 heterocycles. The van der Waals surface area contributed by atoms with Gasteiger partial charge in [-0.2, -0.15) is 10.2 Å². The summed E-state index contributed by atoms with van der Waals surface area (Å²) in [6, 6.07) is 7.88. The van der Waals surface area contributed by atoms with Crippen molar-refractivity contribution in [3.63, 3.8) is 0 Å². The van der Waals surface area contributed by atoms with Crippen LogP contribution in [-0.4, -0.2) is 51.8 Å². The number of hydrogen-bond acceptors (Lipinski definition) is 7. The lowest BCUT2D eigenvalue weighted by Gasteiger charge is -2.38. The highest BCUT2D eigenvalue weighted by molar-refractivity contribution is 5.47. The zero-order valence-corrected chi connectivity index (χ0v) is 16.4. The molecule has 2 aliphatic rings. The Morgan fingerprint density at radius 3 is 2.97 bits per heavy atom. The van der Waals surface area contributed by atoms with Crippen molar-refractivity contribution in [2.75, 3.05) is 31.1 Å². The number of fused-ring (bicyclic) bond motifs is 3. The third kappa shape index (κ3) is 4.00. The summed E-state index contributed by atoms with van der Waals surface area (Å²) in [6.45, 7) is 7.27. The van der Waals surface area contributed by atoms with Crippen LogP contribution < -0.4 is 15.3 Å². The quantitative estimate of drug-likeness (QED) is 0.725. The van der Waals surface area contributed by atoms with Gasteiger partial charge in [-0.25, -0.2) is 9.18 Å². The molecule has 30 heavy (non-hydrogen) atoms. The van der Waals surface area contributed by atoms with Crippen LogP contribution in [0.25, 0.3) is 0 Å². The number of hydrogen-bond donors (Lipinski definition) is 1. The van der Waals surface area contributed by atoms with Crippen molar-refractivity contribution in [3.05, 3.63) is 64.0 Å². The van der Waals surface area contributed by atoms with Gasteiger partial charge in [0.25, 0.3) is 0 Å². The minimum atomic E-state index is -0.580. The second-order valence-electron chi connectivity index (χ2n) is 7.52. The van der Waals surface area contributed by atoms with Gasteiger partial charge in [-0.15, -0.1) is 0 Å². The molecular formula is C21H22FN5O3. The Balaban J connectivity index is 1.46. The second kappa shape index (κ2) is 8.16. The molecule has 4 rings (SSSR count). The summed E-state index contributed by atoms with van der Waals surface area (Å²) in [6.07, 6.45) is 0.538. The van der Waals surface area contributed by atoms with E-state index in [2.05, 4.69) is 21.4 Å². The number of aromatic nitrogens is 2. The van der Waals surface area contributed by atoms with Gasteiger partial charge in [0.15, 0.2) is 0 Å². The minimum Gasteiger partial charge on any atom is -0.513 e. The van der Waals surface area contributed by atoms with Crippen molar-refractivity contribution in [2.45, 2.75) is 25.6 Å². The lowest BCUT2D eigenvalue weighted by atomic mass is 10.1. The summed E-state index contributed by atoms with van der Waals surface area (Å²) >= 11 is 0. The average molecular weight is 411 g/mol. The van der Waals surface area contributed by atoms with Gasteiger partial charge in [0, 0.05) is 38.7 Å². The molecule has 9 heteroatoms. The Labute approximate surface area is 173 Å². The van der Waals surface area contributed by atoms with Gasteiger partial charge < -0.3 is 14.7 Å². The Hall–Kier alpha value is -3.38. The minimum absolute atomic E-state index is 0.0523. The van der Waals surface area contributed by atoms with Crippen molar-refractivity contribution < 1.29 is 14.2 Å². The predicted octanol–water partition coefficient (Wildman–Crippen LogP) is 1.80. The Morgan fingerprint density at radius 1 is 1.37 bits per heavy atom. The molecule has 0 amide bonds. The van der Waals surface area contributed by atoms with E-state index >= 15 is 0 Å². The van der Waals surface area contributed by atoms with E-state index in [4.69, 9.17) is 10.00 Å². The highest BCUT2D eigenvalue weighted by Crippen LogP contribution is 2.29. The van der Waals surface area contributed by atoms with Gasteiger partial charge in [0.05, 0.1) is 23.9 Å². The van der Waals surface area contributed by atoms with E-state index in [0.29, 0.717) is 18.5 Å². The molecule has 1 fully saturated rings. The lowest BCUT2D eigenvalue weighted by Crippen LogP contribution is -2.52. The van der Waals surface area contributed by atoms with E-state index in [1.54, 1.807) is 16.7 Å². The Kier molecular flexibility index (Phi) is 5.42. The summed E-state index contributed by atoms with van der Waals surface area (Å²) in [5, 5.41) is 18.3. The van der Waals surface area contributed by atoms with Crippen molar-refractivity contribution >= 4 is 5.82 Å². The fraction of sp³-hybridized carbons (Fsp3) is 0.381. The largest absolute Gasteiger partial charge is 0.513 e. The molecule has 2 aliphatic heterocycles. The summed E-state index contributed by atoms with van der Waals surface area (Å²) in [5.74, 6) is 0.577. The van der Waals surface area contributed by atoms with Crippen LogP contribution in [0.3, 0.4) is 0 Å². The first-order valence-corrected chi connectivity index (χ1v) is 9.73. The zero-order valence-electron chi connectivity index (χ0n) is 16.4. The van der Waals surface area contributed by atoms with Gasteiger partial charge in [0.2, 0.25) is 5.88 Å². The van der Waals surface area contributed by atoms with Gasteiger partial charge >= 0.3 is 5.69 Å². The normalized spacial score (nSPS) is 17.9. The molecular weight excluding hydrogens is 389 g/mol. The fourth-order valence-electron chi connectivity index (χ4n) is 3.94. The van der Waals surface area contributed by atoms with Crippen molar-refractivity contribution in [1.82, 2.24) is 14.5 Å². The maximum atomic E-state index is 13.5. The Bertz CT molecular complexity index is 1080. The first-order chi connectivity index (χ1) is 14.4. The van der Waals surface area contributed by atoms with Crippen LogP contribution in [-0.2, 0) is 13.2 Å². The van der Waals surface area contributed by atoms with Gasteiger partial charge in [-0.3, -0.25) is 9.47 Å². The average Bonchev–Trinajstić information content (AvgIpc) is 3.10. The molecule has 0 aliphatic carbocycles. The molecule has 0 saturated carbocycles. The molecule has 2 aromatic rings. The molecule has 1 aromatic heterocycles. The molecule has 8 nitrogen and oxygen atoms in total. The van der Waals surface area contributed by atoms with Crippen molar-refractivity contribution in [3.8, 4) is 11.9 Å². The van der Waals surface area contributed by atoms with E-state index < -0.39 is 5.82 Å². The third-order valence-electron chi connectivity index (χ3n) is 5.47. The first kappa shape index (κ1) is 19.9. The summed E-state index contributed by atoms with van der Waals surface area (Å²) in [4.78, 5) is 21.0. The lowest BCUT2D eigenvalue weighted by molar-refractivity contribution is 0.216. The number of piperazine rings is 1. The molecule has 1 N–H and O–H groups in total. The van der Waals surface area contributed by atoms with Crippen molar-refractivity contribution in [1.29, 1.82) is 5.26 Å². The smallest absolute Gasteiger partial charge is 0.352 e. The van der Waals surface area contributed by atoms with Crippen LogP contribution in [0.15, 0.2) is 41.4 Å². The van der Waals surface area contributed by atoms with Crippen LogP contribution in [0.1, 0.15) is 17.5 Å². The highest BCUT2D eigenvalue weighted by atomic mass is 19.1. The van der Waals surface area contributed by atoms with Gasteiger partial charge in [0.1, 0.15) is 24.3 Å². The van der Waals surface area contributed by atoms with Crippen LogP contribution >= 0.6 is 0 Å². The number of nitriles is 1. The number of rotatable bonds is 6. The molecule has 0 bridgehead atoms. The SMILES string of the molecule is C=C(O)CCN1CCN2c3cc(OCc4ccc(F)c(C#N)c4)nc(=O)n3CC2C1. The second-order valence-corrected chi connectivity index (χ2v) is 7.52. The highest BCUT2D eigenvalue weighted by Gasteiger charge is 2.35. The van der Waals surface area contributed by atoms with E-state index in [1.807, 2.05) is 0 Å². The Morgan fingerprint density at radius 2 is 2.20 bits per heavy atom. The molecule has 0 radical (unpaired) electrons. The maximum absolute atomic E-state index is 13.5. The van der Waals surface area contributed by atoms with Crippen LogP contribution in [0.2, 0.25) is 0 Å². The molecule has 1 aromatic carbocycles. The van der Waals surface area contributed by atoms with Crippen molar-refractivity contribution in [2.24, 2.45) is 0 Å². The standard InChI is InChI=1S/C21H22FN5O3/c1-14(28)4-5-25-6-7-26-17(11-25)12-27-20(26)9-19(24-21(27)29)30-13-15-2-3-18(22)16(8-15)10-23/h2-3,8-9,17,28H,1,4-7,11-13H2. The number of ether oxygens (including phenoxy) is 1. The van der Waals surface area contributed by atoms with E-state index in [9.17, 15) is 14.3 Å². The summed E-state index contributed by atoms with van der Waals surface area (Å²) < 4.78 is 20.8. The first-order valence-electron chi connectivity index (χ1n) is 9.73. The van der Waals surface area contributed by atoms with Crippen LogP contribution in [0.5, 0.6) is 5.88 Å². The molecule has 1 atom stereocenters. The number of anilines is 1. The number of nitrogens with zero attached hydrogens (tertiary/aromatic N) is 5. The zero-order chi connectivity index (χ0) is 21.3. The van der Waals surface area contributed by atoms with Gasteiger partial charge in [-0.05, 0) is 17.7 Å². The topological polar surface area (TPSA) is 94.6 Å². The van der Waals surface area contributed by atoms with Crippen LogP contribution in [0.4, 0.5) is 10.2 Å². The number of aliphatic hydroxyl groups is 1.